The summed E-state index contributed by atoms with van der Waals surface area (Å²) < 4.78 is 18.6. The summed E-state index contributed by atoms with van der Waals surface area (Å²) in [6.07, 6.45) is 0.732. The molecule has 0 aromatic heterocycles. The molecule has 1 aliphatic heterocycles. The standard InChI is InChI=1S/C30H42O9/c1-9-13(3)24(33)37-22-16(6)18-17-11-15(5)21(32)29(17,36)26(35)28(12-31)23(38-28)19(18)20-27(7,8)30(20,22)39-25(34)14(4)10-2/h9,11,14,16-20,22-23,26,31,35-36H,10,12H2,1-8H3/b13-9+/t14?,16-,17-,18?,19+,20-,22+,23-,26+,28-,29+,30+/m0/s1. The summed E-state index contributed by atoms with van der Waals surface area (Å²) in [5, 5.41) is 33.9. The largest absolute Gasteiger partial charge is 0.454 e. The van der Waals surface area contributed by atoms with Crippen molar-refractivity contribution in [1.82, 2.24) is 0 Å². The molecule has 0 bridgehead atoms. The van der Waals surface area contributed by atoms with Crippen molar-refractivity contribution < 1.29 is 43.9 Å². The van der Waals surface area contributed by atoms with Crippen molar-refractivity contribution in [3.63, 3.8) is 0 Å². The first-order valence-electron chi connectivity index (χ1n) is 14.1. The third kappa shape index (κ3) is 3.30. The Hall–Kier alpha value is -2.07. The normalized spacial score (nSPS) is 47.9. The topological polar surface area (TPSA) is 143 Å². The minimum Gasteiger partial charge on any atom is -0.454 e. The van der Waals surface area contributed by atoms with E-state index >= 15 is 0 Å². The highest BCUT2D eigenvalue weighted by atomic mass is 16.6. The third-order valence-electron chi connectivity index (χ3n) is 11.1. The van der Waals surface area contributed by atoms with E-state index < -0.39 is 82.6 Å². The number of carbonyl (C=O) groups is 3. The van der Waals surface area contributed by atoms with E-state index in [0.717, 1.165) is 0 Å². The lowest BCUT2D eigenvalue weighted by atomic mass is 9.61. The Bertz CT molecular complexity index is 1170. The lowest BCUT2D eigenvalue weighted by Gasteiger charge is -2.48. The number of epoxide rings is 1. The summed E-state index contributed by atoms with van der Waals surface area (Å²) in [5.74, 6) is -4.42. The first kappa shape index (κ1) is 28.5. The molecule has 3 saturated carbocycles. The van der Waals surface area contributed by atoms with Gasteiger partial charge >= 0.3 is 11.9 Å². The fourth-order valence-electron chi connectivity index (χ4n) is 8.49. The lowest BCUT2D eigenvalue weighted by Crippen LogP contribution is -2.61. The summed E-state index contributed by atoms with van der Waals surface area (Å²) in [4.78, 5) is 39.9. The number of hydrogen-bond acceptors (Lipinski definition) is 9. The van der Waals surface area contributed by atoms with Crippen molar-refractivity contribution >= 4 is 17.7 Å². The molecule has 9 heteroatoms. The van der Waals surface area contributed by atoms with E-state index in [0.29, 0.717) is 17.6 Å². The number of allylic oxidation sites excluding steroid dienone is 1. The van der Waals surface area contributed by atoms with E-state index in [1.807, 2.05) is 27.7 Å². The average molecular weight is 547 g/mol. The predicted molar refractivity (Wildman–Crippen MR) is 139 cm³/mol. The molecule has 9 nitrogen and oxygen atoms in total. The van der Waals surface area contributed by atoms with Gasteiger partial charge in [0.1, 0.15) is 17.8 Å². The maximum atomic E-state index is 13.4. The van der Waals surface area contributed by atoms with Crippen LogP contribution >= 0.6 is 0 Å². The first-order chi connectivity index (χ1) is 18.1. The van der Waals surface area contributed by atoms with Crippen LogP contribution < -0.4 is 0 Å². The van der Waals surface area contributed by atoms with Gasteiger partial charge in [-0.2, -0.15) is 0 Å². The Balaban J connectivity index is 1.69. The van der Waals surface area contributed by atoms with E-state index in [1.54, 1.807) is 39.8 Å². The fourth-order valence-corrected chi connectivity index (χ4v) is 8.49. The van der Waals surface area contributed by atoms with Gasteiger partial charge in [-0.1, -0.05) is 46.8 Å². The Morgan fingerprint density at radius 2 is 1.90 bits per heavy atom. The summed E-state index contributed by atoms with van der Waals surface area (Å²) in [7, 11) is 0. The number of hydrogen-bond donors (Lipinski definition) is 3. The molecular weight excluding hydrogens is 504 g/mol. The van der Waals surface area contributed by atoms with E-state index in [1.165, 1.54) is 0 Å². The zero-order valence-corrected chi connectivity index (χ0v) is 24.1. The van der Waals surface area contributed by atoms with Gasteiger partial charge in [-0.25, -0.2) is 4.79 Å². The molecule has 0 aromatic carbocycles. The quantitative estimate of drug-likeness (QED) is 0.259. The summed E-state index contributed by atoms with van der Waals surface area (Å²) >= 11 is 0. The van der Waals surface area contributed by atoms with Gasteiger partial charge in [-0.15, -0.1) is 0 Å². The highest BCUT2D eigenvalue weighted by Crippen LogP contribution is 2.79. The van der Waals surface area contributed by atoms with Crippen molar-refractivity contribution in [1.29, 1.82) is 0 Å². The number of aliphatic hydroxyl groups excluding tert-OH is 2. The van der Waals surface area contributed by atoms with Crippen molar-refractivity contribution in [2.24, 2.45) is 40.9 Å². The van der Waals surface area contributed by atoms with Crippen molar-refractivity contribution in [2.75, 3.05) is 6.61 Å². The molecule has 216 valence electrons. The highest BCUT2D eigenvalue weighted by molar-refractivity contribution is 6.05. The van der Waals surface area contributed by atoms with Gasteiger partial charge in [0.15, 0.2) is 17.0 Å². The molecule has 0 aromatic rings. The monoisotopic (exact) mass is 546 g/mol. The van der Waals surface area contributed by atoms with Crippen molar-refractivity contribution in [3.05, 3.63) is 23.3 Å². The highest BCUT2D eigenvalue weighted by Gasteiger charge is 2.90. The molecule has 4 fully saturated rings. The van der Waals surface area contributed by atoms with Crippen LogP contribution in [0.4, 0.5) is 0 Å². The third-order valence-corrected chi connectivity index (χ3v) is 11.1. The molecule has 2 unspecified atom stereocenters. The average Bonchev–Trinajstić information content (AvgIpc) is 3.74. The van der Waals surface area contributed by atoms with Gasteiger partial charge in [-0.3, -0.25) is 9.59 Å². The van der Waals surface area contributed by atoms with E-state index in [9.17, 15) is 29.7 Å². The molecule has 1 saturated heterocycles. The maximum Gasteiger partial charge on any atom is 0.333 e. The van der Waals surface area contributed by atoms with Gasteiger partial charge in [0.2, 0.25) is 0 Å². The van der Waals surface area contributed by atoms with Crippen LogP contribution in [0.15, 0.2) is 23.3 Å². The Morgan fingerprint density at radius 1 is 1.26 bits per heavy atom. The van der Waals surface area contributed by atoms with Crippen LogP contribution in [0, 0.1) is 40.9 Å². The Morgan fingerprint density at radius 3 is 2.46 bits per heavy atom. The van der Waals surface area contributed by atoms with E-state index in [2.05, 4.69) is 0 Å². The van der Waals surface area contributed by atoms with Gasteiger partial charge in [0.25, 0.3) is 0 Å². The Labute approximate surface area is 229 Å². The second-order valence-electron chi connectivity index (χ2n) is 13.1. The van der Waals surface area contributed by atoms with Crippen LogP contribution in [0.25, 0.3) is 0 Å². The smallest absolute Gasteiger partial charge is 0.333 e. The van der Waals surface area contributed by atoms with Crippen molar-refractivity contribution in [3.8, 4) is 0 Å². The number of esters is 2. The van der Waals surface area contributed by atoms with E-state index in [-0.39, 0.29) is 17.8 Å². The number of ether oxygens (including phenoxy) is 3. The van der Waals surface area contributed by atoms with Crippen molar-refractivity contribution in [2.45, 2.75) is 96.9 Å². The zero-order valence-electron chi connectivity index (χ0n) is 24.1. The number of rotatable bonds is 6. The minimum absolute atomic E-state index is 0.327. The molecule has 4 aliphatic carbocycles. The molecule has 0 radical (unpaired) electrons. The number of aliphatic hydroxyl groups is 3. The second kappa shape index (κ2) is 8.71. The van der Waals surface area contributed by atoms with Gasteiger partial charge in [0.05, 0.1) is 18.6 Å². The SMILES string of the molecule is C/C=C(\C)C(=O)O[C@@H]1[C@@H](C)C2[C@@H]([C@@H]3O[C@]3(CO)[C@@H](O)[C@]3(O)C(=O)C(C)=C[C@@H]23)[C@H]2C(C)(C)[C@]12OC(=O)C(C)CC. The van der Waals surface area contributed by atoms with Gasteiger partial charge in [0, 0.05) is 28.7 Å². The molecule has 5 rings (SSSR count). The number of fused-ring (bicyclic) bond motifs is 7. The fraction of sp³-hybridized carbons (Fsp3) is 0.767. The zero-order chi connectivity index (χ0) is 29.0. The minimum atomic E-state index is -2.20. The summed E-state index contributed by atoms with van der Waals surface area (Å²) in [6, 6.07) is 0. The summed E-state index contributed by atoms with van der Waals surface area (Å²) in [6.45, 7) is 13.9. The number of ketones is 1. The van der Waals surface area contributed by atoms with Gasteiger partial charge in [-0.05, 0) is 44.6 Å². The van der Waals surface area contributed by atoms with Crippen LogP contribution in [-0.4, -0.2) is 74.8 Å². The number of carbonyl (C=O) groups excluding carboxylic acids is 3. The van der Waals surface area contributed by atoms with Crippen LogP contribution in [0.5, 0.6) is 0 Å². The van der Waals surface area contributed by atoms with Crippen LogP contribution in [0.3, 0.4) is 0 Å². The maximum absolute atomic E-state index is 13.4. The first-order valence-corrected chi connectivity index (χ1v) is 14.1. The van der Waals surface area contributed by atoms with Gasteiger partial charge < -0.3 is 29.5 Å². The van der Waals surface area contributed by atoms with Crippen LogP contribution in [-0.2, 0) is 28.6 Å². The summed E-state index contributed by atoms with van der Waals surface area (Å²) in [5.41, 5.74) is -4.83. The molecule has 0 spiro atoms. The molecule has 3 N–H and O–H groups in total. The molecule has 5 aliphatic rings. The number of Topliss-reactive ketones (excluding diaryl/α,β-unsaturated/α-hetero) is 1. The van der Waals surface area contributed by atoms with Crippen LogP contribution in [0.2, 0.25) is 0 Å². The lowest BCUT2D eigenvalue weighted by molar-refractivity contribution is -0.201. The Kier molecular flexibility index (Phi) is 6.36. The van der Waals surface area contributed by atoms with E-state index in [4.69, 9.17) is 14.2 Å². The molecular formula is C30H42O9. The molecule has 39 heavy (non-hydrogen) atoms. The predicted octanol–water partition coefficient (Wildman–Crippen LogP) is 2.11. The van der Waals surface area contributed by atoms with Crippen LogP contribution in [0.1, 0.15) is 61.8 Å². The molecule has 1 heterocycles. The molecule has 12 atom stereocenters. The second-order valence-corrected chi connectivity index (χ2v) is 13.1. The molecule has 0 amide bonds.